The lowest BCUT2D eigenvalue weighted by Crippen LogP contribution is -2.33. The Morgan fingerprint density at radius 1 is 1.03 bits per heavy atom. The number of hydrogen-bond donors (Lipinski definition) is 2. The summed E-state index contributed by atoms with van der Waals surface area (Å²) in [5.41, 5.74) is 1.18. The van der Waals surface area contributed by atoms with Crippen LogP contribution in [0.1, 0.15) is 24.1 Å². The molecule has 158 valence electrons. The molecule has 0 aromatic heterocycles. The van der Waals surface area contributed by atoms with Crippen LogP contribution in [0, 0.1) is 0 Å². The predicted octanol–water partition coefficient (Wildman–Crippen LogP) is 2.52. The molecule has 30 heavy (non-hydrogen) atoms. The van der Waals surface area contributed by atoms with Gasteiger partial charge in [-0.3, -0.25) is 9.59 Å². The van der Waals surface area contributed by atoms with Gasteiger partial charge in [-0.1, -0.05) is 42.5 Å². The van der Waals surface area contributed by atoms with E-state index in [-0.39, 0.29) is 37.7 Å². The highest BCUT2D eigenvalue weighted by molar-refractivity contribution is 6.46. The summed E-state index contributed by atoms with van der Waals surface area (Å²) in [7, 11) is 0. The van der Waals surface area contributed by atoms with E-state index in [0.717, 1.165) is 0 Å². The third-order valence-corrected chi connectivity index (χ3v) is 4.81. The summed E-state index contributed by atoms with van der Waals surface area (Å²) in [6, 6.07) is 15.0. The van der Waals surface area contributed by atoms with Crippen LogP contribution in [0.15, 0.2) is 60.2 Å². The van der Waals surface area contributed by atoms with Gasteiger partial charge in [-0.25, -0.2) is 0 Å². The Morgan fingerprint density at radius 3 is 2.37 bits per heavy atom. The molecule has 1 fully saturated rings. The molecule has 1 amide bonds. The van der Waals surface area contributed by atoms with Gasteiger partial charge in [0.2, 0.25) is 0 Å². The molecule has 7 nitrogen and oxygen atoms in total. The van der Waals surface area contributed by atoms with Crippen molar-refractivity contribution in [2.45, 2.75) is 13.0 Å². The largest absolute Gasteiger partial charge is 0.507 e. The van der Waals surface area contributed by atoms with Crippen LogP contribution in [0.5, 0.6) is 5.75 Å². The first-order valence-corrected chi connectivity index (χ1v) is 9.83. The zero-order valence-corrected chi connectivity index (χ0v) is 16.8. The molecule has 1 atom stereocenters. The molecule has 0 radical (unpaired) electrons. The molecule has 1 heterocycles. The van der Waals surface area contributed by atoms with Gasteiger partial charge >= 0.3 is 0 Å². The Kier molecular flexibility index (Phi) is 7.21. The minimum absolute atomic E-state index is 0.0394. The molecule has 2 N–H and O–H groups in total. The second-order valence-electron chi connectivity index (χ2n) is 6.70. The second-order valence-corrected chi connectivity index (χ2v) is 6.70. The van der Waals surface area contributed by atoms with E-state index in [1.165, 1.54) is 4.90 Å². The van der Waals surface area contributed by atoms with Crippen molar-refractivity contribution in [1.82, 2.24) is 4.90 Å². The number of ether oxygens (including phenoxy) is 2. The molecule has 0 aliphatic carbocycles. The Morgan fingerprint density at radius 2 is 1.73 bits per heavy atom. The standard InChI is InChI=1S/C23H25NO6/c1-2-30-18-10-8-16(9-11-18)20-19(21(26)17-6-4-3-5-7-17)22(27)23(28)24(20)12-14-29-15-13-25/h3-11,20,25-26H,2,12-15H2,1H3/b21-19+. The van der Waals surface area contributed by atoms with Crippen LogP contribution in [0.2, 0.25) is 0 Å². The van der Waals surface area contributed by atoms with Crippen molar-refractivity contribution < 1.29 is 29.3 Å². The SMILES string of the molecule is CCOc1ccc(C2/C(=C(\O)c3ccccc3)C(=O)C(=O)N2CCOCCO)cc1. The molecular weight excluding hydrogens is 386 g/mol. The van der Waals surface area contributed by atoms with Gasteiger partial charge in [-0.05, 0) is 24.6 Å². The predicted molar refractivity (Wildman–Crippen MR) is 111 cm³/mol. The lowest BCUT2D eigenvalue weighted by atomic mass is 9.95. The average Bonchev–Trinajstić information content (AvgIpc) is 3.02. The molecule has 1 aliphatic heterocycles. The quantitative estimate of drug-likeness (QED) is 0.285. The number of aliphatic hydroxyl groups excluding tert-OH is 2. The maximum absolute atomic E-state index is 12.9. The van der Waals surface area contributed by atoms with E-state index in [9.17, 15) is 14.7 Å². The summed E-state index contributed by atoms with van der Waals surface area (Å²) in [6.07, 6.45) is 0. The molecule has 0 saturated carbocycles. The second kappa shape index (κ2) is 10.0. The van der Waals surface area contributed by atoms with Gasteiger partial charge in [0.25, 0.3) is 11.7 Å². The fourth-order valence-corrected chi connectivity index (χ4v) is 3.45. The Labute approximate surface area is 175 Å². The molecule has 2 aromatic carbocycles. The lowest BCUT2D eigenvalue weighted by Gasteiger charge is -2.25. The first-order chi connectivity index (χ1) is 14.6. The smallest absolute Gasteiger partial charge is 0.295 e. The van der Waals surface area contributed by atoms with Crippen molar-refractivity contribution in [1.29, 1.82) is 0 Å². The summed E-state index contributed by atoms with van der Waals surface area (Å²) >= 11 is 0. The molecule has 1 aliphatic rings. The number of carbonyl (C=O) groups is 2. The van der Waals surface area contributed by atoms with Crippen LogP contribution < -0.4 is 4.74 Å². The minimum Gasteiger partial charge on any atom is -0.507 e. The third-order valence-electron chi connectivity index (χ3n) is 4.81. The van der Waals surface area contributed by atoms with Crippen LogP contribution in [-0.2, 0) is 14.3 Å². The van der Waals surface area contributed by atoms with E-state index in [2.05, 4.69) is 0 Å². The first-order valence-electron chi connectivity index (χ1n) is 9.83. The van der Waals surface area contributed by atoms with Gasteiger partial charge in [0.05, 0.1) is 38.0 Å². The zero-order valence-electron chi connectivity index (χ0n) is 16.8. The molecule has 1 unspecified atom stereocenters. The van der Waals surface area contributed by atoms with E-state index >= 15 is 0 Å². The van der Waals surface area contributed by atoms with E-state index in [1.807, 2.05) is 6.92 Å². The molecule has 1 saturated heterocycles. The number of Topliss-reactive ketones (excluding diaryl/α,β-unsaturated/α-hetero) is 1. The normalized spacial score (nSPS) is 18.1. The van der Waals surface area contributed by atoms with Crippen LogP contribution in [0.25, 0.3) is 5.76 Å². The van der Waals surface area contributed by atoms with Crippen LogP contribution in [0.4, 0.5) is 0 Å². The van der Waals surface area contributed by atoms with E-state index in [1.54, 1.807) is 54.6 Å². The van der Waals surface area contributed by atoms with Crippen molar-refractivity contribution in [3.05, 3.63) is 71.3 Å². The summed E-state index contributed by atoms with van der Waals surface area (Å²) in [4.78, 5) is 27.0. The summed E-state index contributed by atoms with van der Waals surface area (Å²) in [6.45, 7) is 2.72. The number of ketones is 1. The number of carbonyl (C=O) groups excluding carboxylic acids is 2. The highest BCUT2D eigenvalue weighted by Gasteiger charge is 2.45. The fraction of sp³-hybridized carbons (Fsp3) is 0.304. The lowest BCUT2D eigenvalue weighted by molar-refractivity contribution is -0.140. The third kappa shape index (κ3) is 4.53. The van der Waals surface area contributed by atoms with Gasteiger partial charge in [-0.2, -0.15) is 0 Å². The van der Waals surface area contributed by atoms with E-state index < -0.39 is 17.7 Å². The van der Waals surface area contributed by atoms with Gasteiger partial charge in [-0.15, -0.1) is 0 Å². The Balaban J connectivity index is 2.02. The van der Waals surface area contributed by atoms with Crippen molar-refractivity contribution in [3.8, 4) is 5.75 Å². The zero-order chi connectivity index (χ0) is 21.5. The molecule has 0 spiro atoms. The van der Waals surface area contributed by atoms with Crippen LogP contribution in [0.3, 0.4) is 0 Å². The van der Waals surface area contributed by atoms with Crippen molar-refractivity contribution in [3.63, 3.8) is 0 Å². The number of hydrogen-bond acceptors (Lipinski definition) is 6. The monoisotopic (exact) mass is 411 g/mol. The van der Waals surface area contributed by atoms with Gasteiger partial charge in [0.15, 0.2) is 0 Å². The fourth-order valence-electron chi connectivity index (χ4n) is 3.45. The van der Waals surface area contributed by atoms with Gasteiger partial charge in [0, 0.05) is 12.1 Å². The van der Waals surface area contributed by atoms with E-state index in [0.29, 0.717) is 23.5 Å². The summed E-state index contributed by atoms with van der Waals surface area (Å²) in [5, 5.41) is 19.8. The number of nitrogens with zero attached hydrogens (tertiary/aromatic N) is 1. The average molecular weight is 411 g/mol. The van der Waals surface area contributed by atoms with Gasteiger partial charge in [0.1, 0.15) is 11.5 Å². The maximum atomic E-state index is 12.9. The summed E-state index contributed by atoms with van der Waals surface area (Å²) < 4.78 is 10.8. The maximum Gasteiger partial charge on any atom is 0.295 e. The van der Waals surface area contributed by atoms with Crippen LogP contribution >= 0.6 is 0 Å². The molecule has 7 heteroatoms. The minimum atomic E-state index is -0.751. The number of amides is 1. The highest BCUT2D eigenvalue weighted by atomic mass is 16.5. The van der Waals surface area contributed by atoms with Crippen molar-refractivity contribution in [2.75, 3.05) is 33.0 Å². The first kappa shape index (κ1) is 21.5. The Hall–Kier alpha value is -3.16. The van der Waals surface area contributed by atoms with E-state index in [4.69, 9.17) is 14.6 Å². The van der Waals surface area contributed by atoms with Crippen molar-refractivity contribution in [2.24, 2.45) is 0 Å². The number of likely N-dealkylation sites (tertiary alicyclic amines) is 1. The molecule has 0 bridgehead atoms. The number of aliphatic hydroxyl groups is 2. The summed E-state index contributed by atoms with van der Waals surface area (Å²) in [5.74, 6) is -0.976. The van der Waals surface area contributed by atoms with Crippen LogP contribution in [-0.4, -0.2) is 59.8 Å². The molecule has 3 rings (SSSR count). The Bertz CT molecular complexity index is 907. The van der Waals surface area contributed by atoms with Crippen molar-refractivity contribution >= 4 is 17.4 Å². The molecule has 2 aromatic rings. The topological polar surface area (TPSA) is 96.3 Å². The number of rotatable bonds is 9. The highest BCUT2D eigenvalue weighted by Crippen LogP contribution is 2.39. The number of benzene rings is 2. The molecular formula is C23H25NO6. The van der Waals surface area contributed by atoms with Gasteiger partial charge < -0.3 is 24.6 Å².